The average Bonchev–Trinajstić information content (AvgIpc) is 2.29. The Kier molecular flexibility index (Phi) is 4.90. The lowest BCUT2D eigenvalue weighted by Gasteiger charge is -2.16. The summed E-state index contributed by atoms with van der Waals surface area (Å²) in [5.41, 5.74) is 0.497. The molecule has 0 bridgehead atoms. The van der Waals surface area contributed by atoms with Crippen LogP contribution in [0.4, 0.5) is 4.39 Å². The summed E-state index contributed by atoms with van der Waals surface area (Å²) in [5.74, 6) is -1.05. The topological polar surface area (TPSA) is 49.8 Å². The molecule has 1 aromatic rings. The van der Waals surface area contributed by atoms with Crippen LogP contribution in [-0.2, 0) is 11.3 Å². The first-order chi connectivity index (χ1) is 8.04. The number of benzene rings is 1. The molecule has 0 spiro atoms. The molecule has 17 heavy (non-hydrogen) atoms. The van der Waals surface area contributed by atoms with Crippen LogP contribution in [0.25, 0.3) is 0 Å². The van der Waals surface area contributed by atoms with Crippen molar-refractivity contribution in [2.24, 2.45) is 0 Å². The Morgan fingerprint density at radius 2 is 2.24 bits per heavy atom. The summed E-state index contributed by atoms with van der Waals surface area (Å²) in [7, 11) is 3.16. The number of methoxy groups -OCH3 is 1. The molecule has 0 amide bonds. The van der Waals surface area contributed by atoms with Gasteiger partial charge >= 0.3 is 5.97 Å². The molecule has 4 nitrogen and oxygen atoms in total. The van der Waals surface area contributed by atoms with Crippen LogP contribution in [0.2, 0.25) is 0 Å². The third kappa shape index (κ3) is 4.03. The zero-order valence-electron chi connectivity index (χ0n) is 9.94. The fourth-order valence-electron chi connectivity index (χ4n) is 1.49. The van der Waals surface area contributed by atoms with Crippen LogP contribution in [0.15, 0.2) is 18.2 Å². The minimum atomic E-state index is -0.858. The number of hydrogen-bond donors (Lipinski definition) is 1. The van der Waals surface area contributed by atoms with Gasteiger partial charge in [0.1, 0.15) is 0 Å². The Hall–Kier alpha value is -1.62. The summed E-state index contributed by atoms with van der Waals surface area (Å²) in [4.78, 5) is 12.2. The van der Waals surface area contributed by atoms with E-state index in [9.17, 15) is 9.18 Å². The Morgan fingerprint density at radius 3 is 2.82 bits per heavy atom. The van der Waals surface area contributed by atoms with E-state index in [4.69, 9.17) is 9.84 Å². The van der Waals surface area contributed by atoms with Gasteiger partial charge in [0, 0.05) is 18.7 Å². The summed E-state index contributed by atoms with van der Waals surface area (Å²) in [6.45, 7) is 0.738. The van der Waals surface area contributed by atoms with Crippen molar-refractivity contribution < 1.29 is 19.0 Å². The molecule has 94 valence electrons. The molecule has 0 aliphatic rings. The number of ether oxygens (including phenoxy) is 1. The van der Waals surface area contributed by atoms with Gasteiger partial charge in [-0.1, -0.05) is 12.1 Å². The van der Waals surface area contributed by atoms with Crippen molar-refractivity contribution in [3.63, 3.8) is 0 Å². The second-order valence-corrected chi connectivity index (χ2v) is 3.81. The number of carbonyl (C=O) groups is 1. The van der Waals surface area contributed by atoms with Crippen LogP contribution in [0.5, 0.6) is 5.75 Å². The first kappa shape index (κ1) is 13.4. The second-order valence-electron chi connectivity index (χ2n) is 3.81. The summed E-state index contributed by atoms with van der Waals surface area (Å²) < 4.78 is 18.6. The van der Waals surface area contributed by atoms with Crippen molar-refractivity contribution in [1.82, 2.24) is 4.90 Å². The van der Waals surface area contributed by atoms with Crippen LogP contribution < -0.4 is 4.74 Å². The number of hydrogen-bond acceptors (Lipinski definition) is 3. The van der Waals surface area contributed by atoms with Gasteiger partial charge in [0.2, 0.25) is 0 Å². The molecule has 1 aromatic carbocycles. The Bertz CT molecular complexity index is 395. The van der Waals surface area contributed by atoms with Crippen LogP contribution in [0.1, 0.15) is 12.0 Å². The monoisotopic (exact) mass is 241 g/mol. The highest BCUT2D eigenvalue weighted by Gasteiger charge is 2.10. The van der Waals surface area contributed by atoms with Gasteiger partial charge in [0.25, 0.3) is 0 Å². The normalized spacial score (nSPS) is 10.6. The SMILES string of the molecule is COc1cccc(CN(C)CCC(=O)O)c1F. The lowest BCUT2D eigenvalue weighted by molar-refractivity contribution is -0.137. The third-order valence-electron chi connectivity index (χ3n) is 2.41. The molecule has 0 atom stereocenters. The molecule has 0 aromatic heterocycles. The highest BCUT2D eigenvalue weighted by molar-refractivity contribution is 5.66. The van der Waals surface area contributed by atoms with Crippen LogP contribution in [0.3, 0.4) is 0 Å². The van der Waals surface area contributed by atoms with Crippen molar-refractivity contribution in [2.75, 3.05) is 20.7 Å². The quantitative estimate of drug-likeness (QED) is 0.824. The lowest BCUT2D eigenvalue weighted by Crippen LogP contribution is -2.22. The van der Waals surface area contributed by atoms with Gasteiger partial charge in [-0.15, -0.1) is 0 Å². The third-order valence-corrected chi connectivity index (χ3v) is 2.41. The molecule has 0 aliphatic carbocycles. The maximum atomic E-state index is 13.8. The van der Waals surface area contributed by atoms with Gasteiger partial charge in [-0.25, -0.2) is 4.39 Å². The largest absolute Gasteiger partial charge is 0.494 e. The van der Waals surface area contributed by atoms with Crippen LogP contribution >= 0.6 is 0 Å². The van der Waals surface area contributed by atoms with Gasteiger partial charge in [-0.2, -0.15) is 0 Å². The molecular weight excluding hydrogens is 225 g/mol. The molecule has 5 heteroatoms. The predicted octanol–water partition coefficient (Wildman–Crippen LogP) is 1.74. The van der Waals surface area contributed by atoms with Crippen molar-refractivity contribution in [3.8, 4) is 5.75 Å². The fourth-order valence-corrected chi connectivity index (χ4v) is 1.49. The molecule has 0 fully saturated rings. The van der Waals surface area contributed by atoms with Gasteiger partial charge in [0.15, 0.2) is 11.6 Å². The minimum absolute atomic E-state index is 0.0437. The fraction of sp³-hybridized carbons (Fsp3) is 0.417. The number of nitrogens with zero attached hydrogens (tertiary/aromatic N) is 1. The Balaban J connectivity index is 2.64. The minimum Gasteiger partial charge on any atom is -0.494 e. The van der Waals surface area contributed by atoms with Crippen LogP contribution in [-0.4, -0.2) is 36.7 Å². The van der Waals surface area contributed by atoms with E-state index in [0.717, 1.165) is 0 Å². The molecule has 0 aliphatic heterocycles. The zero-order valence-corrected chi connectivity index (χ0v) is 9.94. The smallest absolute Gasteiger partial charge is 0.304 e. The van der Waals surface area contributed by atoms with Crippen molar-refractivity contribution in [2.45, 2.75) is 13.0 Å². The number of aliphatic carboxylic acids is 1. The Labute approximate surface area is 99.6 Å². The number of carboxylic acids is 1. The molecule has 0 saturated carbocycles. The lowest BCUT2D eigenvalue weighted by atomic mass is 10.2. The molecule has 0 saturated heterocycles. The van der Waals surface area contributed by atoms with E-state index in [-0.39, 0.29) is 12.2 Å². The van der Waals surface area contributed by atoms with Gasteiger partial charge in [-0.05, 0) is 13.1 Å². The maximum absolute atomic E-state index is 13.8. The molecule has 0 radical (unpaired) electrons. The van der Waals surface area contributed by atoms with Gasteiger partial charge < -0.3 is 14.7 Å². The second kappa shape index (κ2) is 6.20. The summed E-state index contributed by atoms with van der Waals surface area (Å²) in [5, 5.41) is 8.54. The molecule has 1 rings (SSSR count). The predicted molar refractivity (Wildman–Crippen MR) is 61.5 cm³/mol. The van der Waals surface area contributed by atoms with E-state index in [1.807, 2.05) is 0 Å². The molecule has 0 unspecified atom stereocenters. The summed E-state index contributed by atoms with van der Waals surface area (Å²) >= 11 is 0. The Morgan fingerprint density at radius 1 is 1.53 bits per heavy atom. The number of rotatable bonds is 6. The number of carboxylic acid groups (broad SMARTS) is 1. The van der Waals surface area contributed by atoms with E-state index in [2.05, 4.69) is 0 Å². The zero-order chi connectivity index (χ0) is 12.8. The van der Waals surface area contributed by atoms with Crippen molar-refractivity contribution in [1.29, 1.82) is 0 Å². The highest BCUT2D eigenvalue weighted by Crippen LogP contribution is 2.20. The van der Waals surface area contributed by atoms with Gasteiger partial charge in [0.05, 0.1) is 13.5 Å². The highest BCUT2D eigenvalue weighted by atomic mass is 19.1. The first-order valence-corrected chi connectivity index (χ1v) is 5.26. The molecular formula is C12H16FNO3. The summed E-state index contributed by atoms with van der Waals surface area (Å²) in [6.07, 6.45) is 0.0437. The van der Waals surface area contributed by atoms with E-state index in [0.29, 0.717) is 18.7 Å². The maximum Gasteiger partial charge on any atom is 0.304 e. The number of halogens is 1. The van der Waals surface area contributed by atoms with E-state index < -0.39 is 11.8 Å². The standard InChI is InChI=1S/C12H16FNO3/c1-14(7-6-11(15)16)8-9-4-3-5-10(17-2)12(9)13/h3-5H,6-8H2,1-2H3,(H,15,16). The molecule has 1 N–H and O–H groups in total. The van der Waals surface area contributed by atoms with E-state index in [1.165, 1.54) is 7.11 Å². The van der Waals surface area contributed by atoms with E-state index in [1.54, 1.807) is 30.1 Å². The first-order valence-electron chi connectivity index (χ1n) is 5.26. The summed E-state index contributed by atoms with van der Waals surface area (Å²) in [6, 6.07) is 4.92. The average molecular weight is 241 g/mol. The molecule has 0 heterocycles. The van der Waals surface area contributed by atoms with E-state index >= 15 is 0 Å². The van der Waals surface area contributed by atoms with Crippen molar-refractivity contribution in [3.05, 3.63) is 29.6 Å². The van der Waals surface area contributed by atoms with Gasteiger partial charge in [-0.3, -0.25) is 4.79 Å². The van der Waals surface area contributed by atoms with Crippen molar-refractivity contribution >= 4 is 5.97 Å². The van der Waals surface area contributed by atoms with Crippen LogP contribution in [0, 0.1) is 5.82 Å².